The topological polar surface area (TPSA) is 151 Å². The van der Waals surface area contributed by atoms with Crippen LogP contribution in [0, 0.1) is 11.8 Å². The van der Waals surface area contributed by atoms with Crippen LogP contribution in [-0.2, 0) is 38.3 Å². The number of fused-ring (bicyclic) bond motifs is 1. The molecule has 3 aliphatic rings. The third-order valence-electron chi connectivity index (χ3n) is 9.24. The average molecular weight is 645 g/mol. The average Bonchev–Trinajstić information content (AvgIpc) is 3.48. The number of carbonyl (C=O) groups is 3. The van der Waals surface area contributed by atoms with Crippen molar-refractivity contribution in [1.82, 2.24) is 4.98 Å². The fraction of sp³-hybridized carbons (Fsp3) is 0.667. The van der Waals surface area contributed by atoms with E-state index < -0.39 is 44.9 Å². The first kappa shape index (κ1) is 33.1. The number of nitrogens with zero attached hydrogens (tertiary/aromatic N) is 2. The van der Waals surface area contributed by atoms with E-state index in [0.717, 1.165) is 70.6 Å². The number of hydrogen-bond donors (Lipinski definition) is 0. The number of aromatic nitrogens is 1. The SMILES string of the molecule is CCCCC(=O)/C(=N\OS(=O)(=O)C1CCC(C(=O)OC2CCCCC2)C(C(=O)OC2CCCCC2)C1)c1nc2ccccc2o1. The number of Topliss-reactive ketones (excluding diaryl/α,β-unsaturated/α-hetero) is 1. The van der Waals surface area contributed by atoms with Crippen LogP contribution in [0.15, 0.2) is 33.8 Å². The zero-order chi connectivity index (χ0) is 31.8. The minimum Gasteiger partial charge on any atom is -0.462 e. The Bertz CT molecular complexity index is 1440. The number of benzene rings is 1. The molecule has 0 bridgehead atoms. The number of oxazole rings is 1. The summed E-state index contributed by atoms with van der Waals surface area (Å²) in [7, 11) is -4.42. The molecular weight excluding hydrogens is 600 g/mol. The molecule has 3 atom stereocenters. The van der Waals surface area contributed by atoms with E-state index in [-0.39, 0.29) is 49.5 Å². The second-order valence-electron chi connectivity index (χ2n) is 12.6. The van der Waals surface area contributed by atoms with Crippen LogP contribution in [0.1, 0.15) is 116 Å². The molecule has 1 aromatic carbocycles. The van der Waals surface area contributed by atoms with Crippen molar-refractivity contribution in [2.75, 3.05) is 0 Å². The van der Waals surface area contributed by atoms with Gasteiger partial charge in [-0.25, -0.2) is 4.98 Å². The third kappa shape index (κ3) is 8.51. The van der Waals surface area contributed by atoms with Crippen molar-refractivity contribution >= 4 is 44.7 Å². The molecule has 0 saturated heterocycles. The van der Waals surface area contributed by atoms with Gasteiger partial charge in [-0.15, -0.1) is 0 Å². The molecule has 0 aliphatic heterocycles. The standard InChI is InChI=1S/C33H44N2O9S/c1-2-3-17-28(36)30(31-34-27-16-10-11-18-29(27)43-31)35-44-45(39,40)24-19-20-25(32(37)41-22-12-6-4-7-13-22)26(21-24)33(38)42-23-14-8-5-9-15-23/h10-11,16,18,22-26H,2-9,12-15,17,19-21H2,1H3/b35-30+. The number of carbonyl (C=O) groups excluding carboxylic acids is 3. The minimum absolute atomic E-state index is 0.0670. The fourth-order valence-corrected chi connectivity index (χ4v) is 7.76. The summed E-state index contributed by atoms with van der Waals surface area (Å²) in [6.45, 7) is 1.93. The van der Waals surface area contributed by atoms with Crippen LogP contribution >= 0.6 is 0 Å². The summed E-state index contributed by atoms with van der Waals surface area (Å²) in [4.78, 5) is 44.2. The maximum atomic E-state index is 13.5. The van der Waals surface area contributed by atoms with Crippen LogP contribution in [0.4, 0.5) is 0 Å². The summed E-state index contributed by atoms with van der Waals surface area (Å²) in [5.74, 6) is -3.42. The summed E-state index contributed by atoms with van der Waals surface area (Å²) in [5.41, 5.74) is 0.592. The molecule has 1 heterocycles. The van der Waals surface area contributed by atoms with Crippen molar-refractivity contribution in [2.24, 2.45) is 17.0 Å². The lowest BCUT2D eigenvalue weighted by atomic mass is 9.78. The highest BCUT2D eigenvalue weighted by molar-refractivity contribution is 7.87. The van der Waals surface area contributed by atoms with Crippen molar-refractivity contribution in [3.63, 3.8) is 0 Å². The Balaban J connectivity index is 1.34. The zero-order valence-corrected chi connectivity index (χ0v) is 26.8. The first-order valence-corrected chi connectivity index (χ1v) is 18.0. The molecule has 3 aliphatic carbocycles. The highest BCUT2D eigenvalue weighted by atomic mass is 32.2. The highest BCUT2D eigenvalue weighted by Crippen LogP contribution is 2.38. The predicted octanol–water partition coefficient (Wildman–Crippen LogP) is 6.17. The van der Waals surface area contributed by atoms with Gasteiger partial charge in [0.15, 0.2) is 11.4 Å². The molecule has 0 spiro atoms. The van der Waals surface area contributed by atoms with Crippen molar-refractivity contribution in [1.29, 1.82) is 0 Å². The number of ether oxygens (including phenoxy) is 2. The number of rotatable bonds is 12. The van der Waals surface area contributed by atoms with Gasteiger partial charge in [-0.1, -0.05) is 43.5 Å². The molecule has 3 unspecified atom stereocenters. The van der Waals surface area contributed by atoms with Crippen LogP contribution in [0.25, 0.3) is 11.1 Å². The Morgan fingerprint density at radius 1 is 0.867 bits per heavy atom. The van der Waals surface area contributed by atoms with Gasteiger partial charge in [0.05, 0.1) is 17.1 Å². The van der Waals surface area contributed by atoms with Crippen molar-refractivity contribution in [3.8, 4) is 0 Å². The van der Waals surface area contributed by atoms with Gasteiger partial charge < -0.3 is 13.9 Å². The van der Waals surface area contributed by atoms with Crippen LogP contribution in [0.2, 0.25) is 0 Å². The van der Waals surface area contributed by atoms with Crippen LogP contribution < -0.4 is 0 Å². The van der Waals surface area contributed by atoms with Gasteiger partial charge in [0, 0.05) is 6.42 Å². The molecule has 2 aromatic rings. The number of hydrogen-bond acceptors (Lipinski definition) is 11. The summed E-state index contributed by atoms with van der Waals surface area (Å²) >= 11 is 0. The molecule has 5 rings (SSSR count). The maximum Gasteiger partial charge on any atom is 0.331 e. The first-order chi connectivity index (χ1) is 21.7. The summed E-state index contributed by atoms with van der Waals surface area (Å²) in [6.07, 6.45) is 10.2. The lowest BCUT2D eigenvalue weighted by molar-refractivity contribution is -0.170. The Kier molecular flexibility index (Phi) is 11.3. The van der Waals surface area contributed by atoms with Gasteiger partial charge in [0.2, 0.25) is 5.71 Å². The monoisotopic (exact) mass is 644 g/mol. The van der Waals surface area contributed by atoms with E-state index in [2.05, 4.69) is 10.1 Å². The van der Waals surface area contributed by atoms with E-state index >= 15 is 0 Å². The molecule has 12 heteroatoms. The van der Waals surface area contributed by atoms with Gasteiger partial charge in [0.25, 0.3) is 5.89 Å². The molecule has 45 heavy (non-hydrogen) atoms. The second kappa shape index (κ2) is 15.3. The number of para-hydroxylation sites is 2. The summed E-state index contributed by atoms with van der Waals surface area (Å²) < 4.78 is 49.6. The molecule has 0 amide bonds. The lowest BCUT2D eigenvalue weighted by Crippen LogP contribution is -2.43. The molecule has 3 saturated carbocycles. The van der Waals surface area contributed by atoms with Gasteiger partial charge in [-0.3, -0.25) is 18.7 Å². The third-order valence-corrected chi connectivity index (χ3v) is 10.8. The summed E-state index contributed by atoms with van der Waals surface area (Å²) in [6, 6.07) is 6.91. The van der Waals surface area contributed by atoms with Crippen LogP contribution in [-0.4, -0.2) is 54.3 Å². The number of esters is 2. The Morgan fingerprint density at radius 2 is 1.49 bits per heavy atom. The Hall–Kier alpha value is -3.28. The Labute approximate surface area is 264 Å². The van der Waals surface area contributed by atoms with E-state index in [1.165, 1.54) is 0 Å². The zero-order valence-electron chi connectivity index (χ0n) is 26.0. The van der Waals surface area contributed by atoms with Crippen molar-refractivity contribution in [2.45, 2.75) is 127 Å². The second-order valence-corrected chi connectivity index (χ2v) is 14.4. The van der Waals surface area contributed by atoms with E-state index in [1.807, 2.05) is 6.92 Å². The summed E-state index contributed by atoms with van der Waals surface area (Å²) in [5, 5.41) is 2.66. The fourth-order valence-electron chi connectivity index (χ4n) is 6.59. The van der Waals surface area contributed by atoms with Crippen molar-refractivity contribution in [3.05, 3.63) is 30.2 Å². The number of ketones is 1. The van der Waals surface area contributed by atoms with Crippen LogP contribution in [0.3, 0.4) is 0 Å². The van der Waals surface area contributed by atoms with E-state index in [4.69, 9.17) is 18.2 Å². The number of unbranched alkanes of at least 4 members (excludes halogenated alkanes) is 1. The lowest BCUT2D eigenvalue weighted by Gasteiger charge is -2.34. The molecule has 246 valence electrons. The van der Waals surface area contributed by atoms with Gasteiger partial charge in [-0.05, 0) is 89.2 Å². The molecule has 0 radical (unpaired) electrons. The predicted molar refractivity (Wildman–Crippen MR) is 166 cm³/mol. The molecule has 11 nitrogen and oxygen atoms in total. The minimum atomic E-state index is -4.42. The quantitative estimate of drug-likeness (QED) is 0.149. The maximum absolute atomic E-state index is 13.5. The highest BCUT2D eigenvalue weighted by Gasteiger charge is 2.47. The van der Waals surface area contributed by atoms with Gasteiger partial charge in [0.1, 0.15) is 17.7 Å². The normalized spacial score (nSPS) is 23.8. The largest absolute Gasteiger partial charge is 0.462 e. The number of oxime groups is 1. The molecular formula is C33H44N2O9S. The van der Waals surface area contributed by atoms with Gasteiger partial charge >= 0.3 is 22.1 Å². The first-order valence-electron chi connectivity index (χ1n) is 16.6. The molecule has 3 fully saturated rings. The smallest absolute Gasteiger partial charge is 0.331 e. The van der Waals surface area contributed by atoms with Gasteiger partial charge in [-0.2, -0.15) is 8.42 Å². The van der Waals surface area contributed by atoms with E-state index in [1.54, 1.807) is 24.3 Å². The van der Waals surface area contributed by atoms with E-state index in [9.17, 15) is 22.8 Å². The molecule has 0 N–H and O–H groups in total. The van der Waals surface area contributed by atoms with E-state index in [0.29, 0.717) is 17.5 Å². The van der Waals surface area contributed by atoms with Crippen molar-refractivity contribution < 1.29 is 41.0 Å². The van der Waals surface area contributed by atoms with Crippen LogP contribution in [0.5, 0.6) is 0 Å². The Morgan fingerprint density at radius 3 is 2.11 bits per heavy atom. The molecule has 1 aromatic heterocycles.